The molecule has 0 N–H and O–H groups in total. The number of rotatable bonds is 6. The normalized spacial score (nSPS) is 18.7. The van der Waals surface area contributed by atoms with Crippen LogP contribution in [0.5, 0.6) is 5.75 Å². The van der Waals surface area contributed by atoms with Crippen molar-refractivity contribution in [2.75, 3.05) is 20.1 Å². The van der Waals surface area contributed by atoms with Gasteiger partial charge in [0, 0.05) is 37.2 Å². The molecule has 1 aliphatic carbocycles. The fourth-order valence-electron chi connectivity index (χ4n) is 4.40. The lowest BCUT2D eigenvalue weighted by Crippen LogP contribution is -2.49. The topological polar surface area (TPSA) is 49.9 Å². The Morgan fingerprint density at radius 3 is 2.39 bits per heavy atom. The average molecular weight is 405 g/mol. The number of carbonyl (C=O) groups excluding carboxylic acids is 2. The van der Waals surface area contributed by atoms with E-state index < -0.39 is 0 Å². The number of benzene rings is 1. The molecule has 0 radical (unpaired) electrons. The highest BCUT2D eigenvalue weighted by Crippen LogP contribution is 2.45. The number of ether oxygens (including phenoxy) is 1. The Bertz CT molecular complexity index is 766. The van der Waals surface area contributed by atoms with Crippen LogP contribution >= 0.6 is 11.6 Å². The molecule has 5 nitrogen and oxygen atoms in total. The van der Waals surface area contributed by atoms with Crippen molar-refractivity contribution in [3.05, 3.63) is 40.6 Å². The molecule has 1 spiro atoms. The highest BCUT2D eigenvalue weighted by atomic mass is 35.5. The molecule has 0 bridgehead atoms. The molecule has 6 heteroatoms. The number of halogens is 1. The molecule has 0 saturated heterocycles. The van der Waals surface area contributed by atoms with E-state index in [1.165, 1.54) is 6.42 Å². The molecule has 3 rings (SSSR count). The summed E-state index contributed by atoms with van der Waals surface area (Å²) >= 11 is 5.98. The third kappa shape index (κ3) is 3.77. The molecule has 1 aromatic carbocycles. The molecule has 2 amide bonds. The lowest BCUT2D eigenvalue weighted by Gasteiger charge is -2.42. The van der Waals surface area contributed by atoms with Crippen LogP contribution in [0.3, 0.4) is 0 Å². The van der Waals surface area contributed by atoms with E-state index in [9.17, 15) is 9.59 Å². The van der Waals surface area contributed by atoms with E-state index >= 15 is 0 Å². The molecular weight excluding hydrogens is 376 g/mol. The Kier molecular flexibility index (Phi) is 6.33. The highest BCUT2D eigenvalue weighted by Gasteiger charge is 2.51. The average Bonchev–Trinajstić information content (AvgIpc) is 2.89. The second kappa shape index (κ2) is 8.56. The monoisotopic (exact) mass is 404 g/mol. The van der Waals surface area contributed by atoms with Gasteiger partial charge in [0.25, 0.3) is 5.91 Å². The first kappa shape index (κ1) is 20.7. The van der Waals surface area contributed by atoms with Gasteiger partial charge in [0.05, 0.1) is 5.54 Å². The maximum absolute atomic E-state index is 13.2. The van der Waals surface area contributed by atoms with E-state index in [0.29, 0.717) is 36.0 Å². The van der Waals surface area contributed by atoms with Crippen LogP contribution in [0.15, 0.2) is 35.6 Å². The van der Waals surface area contributed by atoms with Gasteiger partial charge < -0.3 is 14.5 Å². The molecule has 1 aromatic rings. The summed E-state index contributed by atoms with van der Waals surface area (Å²) in [6, 6.07) is 7.02. The SMILES string of the molecule is CCC(=O)N(CC)CC1=C(Oc2ccc(Cl)cc2)C(=O)N(C)C12CCCCC2. The van der Waals surface area contributed by atoms with E-state index in [-0.39, 0.29) is 17.4 Å². The summed E-state index contributed by atoms with van der Waals surface area (Å²) < 4.78 is 6.10. The number of nitrogens with zero attached hydrogens (tertiary/aromatic N) is 2. The van der Waals surface area contributed by atoms with Gasteiger partial charge in [-0.15, -0.1) is 0 Å². The largest absolute Gasteiger partial charge is 0.451 e. The van der Waals surface area contributed by atoms with E-state index in [0.717, 1.165) is 31.3 Å². The fraction of sp³-hybridized carbons (Fsp3) is 0.545. The van der Waals surface area contributed by atoms with Crippen LogP contribution in [0, 0.1) is 0 Å². The van der Waals surface area contributed by atoms with Crippen LogP contribution in [0.2, 0.25) is 5.02 Å². The summed E-state index contributed by atoms with van der Waals surface area (Å²) in [5.41, 5.74) is 0.594. The molecule has 1 fully saturated rings. The third-order valence-electron chi connectivity index (χ3n) is 6.08. The van der Waals surface area contributed by atoms with Crippen LogP contribution in [0.25, 0.3) is 0 Å². The van der Waals surface area contributed by atoms with Gasteiger partial charge in [0.15, 0.2) is 5.76 Å². The number of carbonyl (C=O) groups is 2. The van der Waals surface area contributed by atoms with Crippen molar-refractivity contribution in [3.8, 4) is 5.75 Å². The van der Waals surface area contributed by atoms with Gasteiger partial charge in [0.2, 0.25) is 5.91 Å². The van der Waals surface area contributed by atoms with Gasteiger partial charge in [-0.05, 0) is 44.0 Å². The Morgan fingerprint density at radius 2 is 1.82 bits per heavy atom. The second-order valence-electron chi connectivity index (χ2n) is 7.58. The van der Waals surface area contributed by atoms with Crippen molar-refractivity contribution < 1.29 is 14.3 Å². The summed E-state index contributed by atoms with van der Waals surface area (Å²) in [6.45, 7) is 4.88. The first-order valence-corrected chi connectivity index (χ1v) is 10.5. The van der Waals surface area contributed by atoms with Crippen LogP contribution in [0.4, 0.5) is 0 Å². The minimum absolute atomic E-state index is 0.0915. The van der Waals surface area contributed by atoms with Crippen molar-refractivity contribution in [1.82, 2.24) is 9.80 Å². The van der Waals surface area contributed by atoms with E-state index in [4.69, 9.17) is 16.3 Å². The van der Waals surface area contributed by atoms with Gasteiger partial charge in [0.1, 0.15) is 5.75 Å². The lowest BCUT2D eigenvalue weighted by molar-refractivity contribution is -0.130. The number of likely N-dealkylation sites (N-methyl/N-ethyl adjacent to an activating group) is 2. The fourth-order valence-corrected chi connectivity index (χ4v) is 4.52. The summed E-state index contributed by atoms with van der Waals surface area (Å²) in [7, 11) is 1.86. The Morgan fingerprint density at radius 1 is 1.18 bits per heavy atom. The van der Waals surface area contributed by atoms with Crippen molar-refractivity contribution in [3.63, 3.8) is 0 Å². The number of hydrogen-bond donors (Lipinski definition) is 0. The van der Waals surface area contributed by atoms with Gasteiger partial charge in [-0.2, -0.15) is 0 Å². The lowest BCUT2D eigenvalue weighted by atomic mass is 9.76. The van der Waals surface area contributed by atoms with Crippen molar-refractivity contribution >= 4 is 23.4 Å². The maximum Gasteiger partial charge on any atom is 0.290 e. The number of amides is 2. The molecule has 0 atom stereocenters. The second-order valence-corrected chi connectivity index (χ2v) is 8.02. The molecule has 2 aliphatic rings. The molecule has 152 valence electrons. The minimum Gasteiger partial charge on any atom is -0.451 e. The smallest absolute Gasteiger partial charge is 0.290 e. The van der Waals surface area contributed by atoms with Crippen LogP contribution in [-0.4, -0.2) is 47.3 Å². The summed E-state index contributed by atoms with van der Waals surface area (Å²) in [5.74, 6) is 0.936. The molecule has 0 aromatic heterocycles. The minimum atomic E-state index is -0.349. The van der Waals surface area contributed by atoms with Gasteiger partial charge in [-0.3, -0.25) is 9.59 Å². The zero-order valence-corrected chi connectivity index (χ0v) is 17.7. The predicted molar refractivity (Wildman–Crippen MR) is 110 cm³/mol. The summed E-state index contributed by atoms with van der Waals surface area (Å²) in [6.07, 6.45) is 5.60. The van der Waals surface area contributed by atoms with Crippen molar-refractivity contribution in [1.29, 1.82) is 0 Å². The van der Waals surface area contributed by atoms with Crippen LogP contribution < -0.4 is 4.74 Å². The van der Waals surface area contributed by atoms with Crippen LogP contribution in [0.1, 0.15) is 52.4 Å². The predicted octanol–water partition coefficient (Wildman–Crippen LogP) is 4.41. The highest BCUT2D eigenvalue weighted by molar-refractivity contribution is 6.30. The van der Waals surface area contributed by atoms with Crippen molar-refractivity contribution in [2.45, 2.75) is 57.9 Å². The first-order valence-electron chi connectivity index (χ1n) is 10.2. The van der Waals surface area contributed by atoms with Gasteiger partial charge in [-0.1, -0.05) is 37.8 Å². The van der Waals surface area contributed by atoms with Crippen molar-refractivity contribution in [2.24, 2.45) is 0 Å². The quantitative estimate of drug-likeness (QED) is 0.705. The maximum atomic E-state index is 13.2. The summed E-state index contributed by atoms with van der Waals surface area (Å²) in [4.78, 5) is 29.3. The van der Waals surface area contributed by atoms with E-state index in [1.807, 2.05) is 30.7 Å². The molecule has 0 unspecified atom stereocenters. The first-order chi connectivity index (χ1) is 13.4. The Hall–Kier alpha value is -2.01. The molecule has 1 heterocycles. The van der Waals surface area contributed by atoms with E-state index in [2.05, 4.69) is 0 Å². The molecule has 28 heavy (non-hydrogen) atoms. The van der Waals surface area contributed by atoms with E-state index in [1.54, 1.807) is 24.3 Å². The molecule has 1 saturated carbocycles. The number of hydrogen-bond acceptors (Lipinski definition) is 3. The molecular formula is C22H29ClN2O3. The Balaban J connectivity index is 2.03. The zero-order valence-electron chi connectivity index (χ0n) is 17.0. The third-order valence-corrected chi connectivity index (χ3v) is 6.33. The Labute approximate surface area is 172 Å². The molecule has 1 aliphatic heterocycles. The standard InChI is InChI=1S/C22H29ClN2O3/c1-4-19(26)25(5-2)15-18-20(28-17-11-9-16(23)10-12-17)21(27)24(3)22(18)13-7-6-8-14-22/h9-12H,4-8,13-15H2,1-3H3. The zero-order chi connectivity index (χ0) is 20.3. The van der Waals surface area contributed by atoms with Crippen LogP contribution in [-0.2, 0) is 9.59 Å². The van der Waals surface area contributed by atoms with Gasteiger partial charge in [-0.25, -0.2) is 0 Å². The summed E-state index contributed by atoms with van der Waals surface area (Å²) in [5, 5.41) is 0.617. The van der Waals surface area contributed by atoms with Gasteiger partial charge >= 0.3 is 0 Å².